The third-order valence-corrected chi connectivity index (χ3v) is 7.24. The fraction of sp³-hybridized carbons (Fsp3) is 0.105. The Morgan fingerprint density at radius 2 is 1.94 bits per heavy atom. The predicted octanol–water partition coefficient (Wildman–Crippen LogP) is 3.39. The van der Waals surface area contributed by atoms with E-state index in [-0.39, 0.29) is 21.9 Å². The molecule has 32 heavy (non-hydrogen) atoms. The Labute approximate surface area is 195 Å². The van der Waals surface area contributed by atoms with Gasteiger partial charge in [0.1, 0.15) is 0 Å². The first kappa shape index (κ1) is 22.2. The van der Waals surface area contributed by atoms with Crippen molar-refractivity contribution in [1.29, 1.82) is 0 Å². The van der Waals surface area contributed by atoms with Gasteiger partial charge in [-0.25, -0.2) is 8.42 Å². The van der Waals surface area contributed by atoms with Gasteiger partial charge < -0.3 is 4.52 Å². The molecule has 0 atom stereocenters. The fourth-order valence-corrected chi connectivity index (χ4v) is 4.84. The van der Waals surface area contributed by atoms with E-state index in [0.29, 0.717) is 11.4 Å². The number of rotatable bonds is 7. The molecule has 13 heteroatoms. The molecule has 0 aliphatic heterocycles. The molecule has 2 N–H and O–H groups in total. The topological polar surface area (TPSA) is 140 Å². The molecular weight excluding hydrogens is 520 g/mol. The summed E-state index contributed by atoms with van der Waals surface area (Å²) < 4.78 is 33.0. The van der Waals surface area contributed by atoms with Crippen molar-refractivity contribution in [2.45, 2.75) is 17.8 Å². The lowest BCUT2D eigenvalue weighted by Gasteiger charge is -2.01. The van der Waals surface area contributed by atoms with Crippen molar-refractivity contribution in [1.82, 2.24) is 25.1 Å². The number of hydrogen-bond donors (Lipinski definition) is 2. The number of anilines is 1. The molecule has 2 aromatic carbocycles. The Balaban J connectivity index is 1.40. The number of carbonyl (C=O) groups excluding carboxylic acids is 1. The Hall–Kier alpha value is -3.00. The first-order valence-corrected chi connectivity index (χ1v) is 12.2. The van der Waals surface area contributed by atoms with E-state index in [1.54, 1.807) is 30.3 Å². The summed E-state index contributed by atoms with van der Waals surface area (Å²) in [7, 11) is -4.00. The van der Waals surface area contributed by atoms with Crippen molar-refractivity contribution in [3.63, 3.8) is 0 Å². The van der Waals surface area contributed by atoms with Gasteiger partial charge in [-0.3, -0.25) is 10.1 Å². The number of benzene rings is 2. The van der Waals surface area contributed by atoms with Crippen LogP contribution in [0.25, 0.3) is 11.4 Å². The quantitative estimate of drug-likeness (QED) is 0.343. The van der Waals surface area contributed by atoms with Gasteiger partial charge in [0.25, 0.3) is 15.9 Å². The number of nitrogens with one attached hydrogen (secondary N) is 2. The summed E-state index contributed by atoms with van der Waals surface area (Å²) in [6, 6.07) is 14.2. The van der Waals surface area contributed by atoms with E-state index in [9.17, 15) is 13.2 Å². The highest BCUT2D eigenvalue weighted by Crippen LogP contribution is 2.22. The lowest BCUT2D eigenvalue weighted by Crippen LogP contribution is -2.23. The minimum absolute atomic E-state index is 0.0608. The van der Waals surface area contributed by atoms with E-state index in [4.69, 9.17) is 4.52 Å². The molecular formula is C19H15BrN6O4S2. The van der Waals surface area contributed by atoms with E-state index >= 15 is 0 Å². The molecule has 0 radical (unpaired) electrons. The van der Waals surface area contributed by atoms with Crippen molar-refractivity contribution in [2.75, 3.05) is 5.32 Å². The number of hydrogen-bond acceptors (Lipinski definition) is 9. The second-order valence-electron chi connectivity index (χ2n) is 6.54. The van der Waals surface area contributed by atoms with E-state index in [2.05, 4.69) is 46.3 Å². The molecule has 1 amide bonds. The zero-order chi connectivity index (χ0) is 22.7. The van der Waals surface area contributed by atoms with Gasteiger partial charge in [0.15, 0.2) is 0 Å². The maximum absolute atomic E-state index is 12.5. The first-order valence-electron chi connectivity index (χ1n) is 9.10. The van der Waals surface area contributed by atoms with Crippen LogP contribution in [0.1, 0.15) is 21.8 Å². The van der Waals surface area contributed by atoms with Gasteiger partial charge in [0.05, 0.1) is 6.54 Å². The van der Waals surface area contributed by atoms with Gasteiger partial charge in [0, 0.05) is 15.6 Å². The minimum Gasteiger partial charge on any atom is -0.338 e. The number of halogens is 1. The summed E-state index contributed by atoms with van der Waals surface area (Å²) in [5.41, 5.74) is 2.16. The van der Waals surface area contributed by atoms with Crippen LogP contribution in [0.5, 0.6) is 0 Å². The van der Waals surface area contributed by atoms with Gasteiger partial charge in [-0.2, -0.15) is 9.71 Å². The molecule has 0 aliphatic rings. The van der Waals surface area contributed by atoms with Crippen LogP contribution >= 0.6 is 27.3 Å². The SMILES string of the molecule is Cc1ccc(C(=O)Nc2nnc(S(=O)(=O)NCc3nc(-c4cccc(Br)c4)no3)s2)cc1. The summed E-state index contributed by atoms with van der Waals surface area (Å²) in [5, 5.41) is 13.8. The highest BCUT2D eigenvalue weighted by Gasteiger charge is 2.22. The third kappa shape index (κ3) is 5.24. The van der Waals surface area contributed by atoms with Crippen LogP contribution in [0.3, 0.4) is 0 Å². The molecule has 10 nitrogen and oxygen atoms in total. The van der Waals surface area contributed by atoms with Gasteiger partial charge in [-0.15, -0.1) is 10.2 Å². The Morgan fingerprint density at radius 3 is 2.69 bits per heavy atom. The van der Waals surface area contributed by atoms with E-state index in [1.165, 1.54) is 0 Å². The molecule has 164 valence electrons. The summed E-state index contributed by atoms with van der Waals surface area (Å²) in [4.78, 5) is 16.5. The maximum atomic E-state index is 12.5. The Kier molecular flexibility index (Phi) is 6.41. The van der Waals surface area contributed by atoms with Crippen molar-refractivity contribution in [2.24, 2.45) is 0 Å². The average molecular weight is 535 g/mol. The molecule has 0 bridgehead atoms. The predicted molar refractivity (Wildman–Crippen MR) is 121 cm³/mol. The van der Waals surface area contributed by atoms with Crippen LogP contribution in [0.2, 0.25) is 0 Å². The number of aryl methyl sites for hydroxylation is 1. The maximum Gasteiger partial charge on any atom is 0.270 e. The van der Waals surface area contributed by atoms with Crippen molar-refractivity contribution < 1.29 is 17.7 Å². The smallest absolute Gasteiger partial charge is 0.270 e. The molecule has 0 unspecified atom stereocenters. The van der Waals surface area contributed by atoms with Gasteiger partial charge in [-0.1, -0.05) is 62.3 Å². The number of aromatic nitrogens is 4. The van der Waals surface area contributed by atoms with E-state index in [1.807, 2.05) is 25.1 Å². The molecule has 0 fully saturated rings. The number of carbonyl (C=O) groups is 1. The molecule has 4 rings (SSSR count). The molecule has 0 saturated carbocycles. The molecule has 2 aromatic heterocycles. The first-order chi connectivity index (χ1) is 15.3. The van der Waals surface area contributed by atoms with Gasteiger partial charge in [-0.05, 0) is 31.2 Å². The number of sulfonamides is 1. The Morgan fingerprint density at radius 1 is 1.16 bits per heavy atom. The van der Waals surface area contributed by atoms with Crippen molar-refractivity contribution in [3.05, 3.63) is 70.0 Å². The monoisotopic (exact) mass is 534 g/mol. The van der Waals surface area contributed by atoms with Crippen molar-refractivity contribution >= 4 is 48.3 Å². The standard InChI is InChI=1S/C19H15BrN6O4S2/c1-11-5-7-12(8-6-11)17(27)23-18-24-25-19(31-18)32(28,29)21-10-15-22-16(26-30-15)13-3-2-4-14(20)9-13/h2-9,21H,10H2,1H3,(H,23,24,27). The zero-order valence-electron chi connectivity index (χ0n) is 16.4. The van der Waals surface area contributed by atoms with Gasteiger partial charge in [0.2, 0.25) is 21.2 Å². The largest absolute Gasteiger partial charge is 0.338 e. The normalized spacial score (nSPS) is 11.4. The van der Waals surface area contributed by atoms with Crippen LogP contribution in [-0.4, -0.2) is 34.7 Å². The van der Waals surface area contributed by atoms with Crippen molar-refractivity contribution in [3.8, 4) is 11.4 Å². The highest BCUT2D eigenvalue weighted by atomic mass is 79.9. The van der Waals surface area contributed by atoms with Crippen LogP contribution in [0, 0.1) is 6.92 Å². The third-order valence-electron chi connectivity index (χ3n) is 4.13. The zero-order valence-corrected chi connectivity index (χ0v) is 19.7. The summed E-state index contributed by atoms with van der Waals surface area (Å²) in [6.45, 7) is 1.68. The minimum atomic E-state index is -4.00. The second-order valence-corrected chi connectivity index (χ2v) is 10.4. The lowest BCUT2D eigenvalue weighted by atomic mass is 10.1. The lowest BCUT2D eigenvalue weighted by molar-refractivity contribution is 0.102. The summed E-state index contributed by atoms with van der Waals surface area (Å²) in [6.07, 6.45) is 0. The second kappa shape index (κ2) is 9.24. The fourth-order valence-electron chi connectivity index (χ4n) is 2.53. The molecule has 0 saturated heterocycles. The van der Waals surface area contributed by atoms with Crippen LogP contribution in [0.4, 0.5) is 5.13 Å². The summed E-state index contributed by atoms with van der Waals surface area (Å²) >= 11 is 4.09. The van der Waals surface area contributed by atoms with Crippen LogP contribution < -0.4 is 10.0 Å². The number of amides is 1. The summed E-state index contributed by atoms with van der Waals surface area (Å²) in [5.74, 6) is 0.00229. The van der Waals surface area contributed by atoms with E-state index < -0.39 is 15.9 Å². The highest BCUT2D eigenvalue weighted by molar-refractivity contribution is 9.10. The van der Waals surface area contributed by atoms with Gasteiger partial charge >= 0.3 is 0 Å². The molecule has 0 aliphatic carbocycles. The average Bonchev–Trinajstić information content (AvgIpc) is 3.43. The van der Waals surface area contributed by atoms with Crippen LogP contribution in [0.15, 0.2) is 61.9 Å². The van der Waals surface area contributed by atoms with Crippen LogP contribution in [-0.2, 0) is 16.6 Å². The number of nitrogens with zero attached hydrogens (tertiary/aromatic N) is 4. The molecule has 0 spiro atoms. The molecule has 4 aromatic rings. The Bertz CT molecular complexity index is 1370. The molecule has 2 heterocycles. The van der Waals surface area contributed by atoms with E-state index in [0.717, 1.165) is 26.9 Å².